The van der Waals surface area contributed by atoms with Crippen molar-refractivity contribution >= 4 is 22.7 Å². The Morgan fingerprint density at radius 1 is 1.11 bits per heavy atom. The topological polar surface area (TPSA) is 63.6 Å². The fourth-order valence-corrected chi connectivity index (χ4v) is 5.46. The third-order valence-corrected chi connectivity index (χ3v) is 7.50. The summed E-state index contributed by atoms with van der Waals surface area (Å²) in [6.45, 7) is 3.18. The number of nitrogens with zero attached hydrogens (tertiary/aromatic N) is 2. The van der Waals surface area contributed by atoms with Crippen molar-refractivity contribution in [3.05, 3.63) is 77.5 Å². The number of hydrogen-bond acceptors (Lipinski definition) is 3. The minimum atomic E-state index is -1.01. The van der Waals surface area contributed by atoms with Crippen molar-refractivity contribution in [1.29, 1.82) is 0 Å². The van der Waals surface area contributed by atoms with Gasteiger partial charge < -0.3 is 19.5 Å². The van der Waals surface area contributed by atoms with Crippen molar-refractivity contribution in [1.82, 2.24) is 14.8 Å². The van der Waals surface area contributed by atoms with Crippen LogP contribution in [0.15, 0.2) is 66.2 Å². The average molecular weight is 472 g/mol. The molecule has 2 aromatic carbocycles. The Kier molecular flexibility index (Phi) is 6.37. The van der Waals surface area contributed by atoms with Crippen LogP contribution < -0.4 is 10.1 Å². The monoisotopic (exact) mass is 471 g/mol. The van der Waals surface area contributed by atoms with Crippen LogP contribution >= 0.6 is 0 Å². The molecular formula is C29H33N3O3. The number of nitrogens with one attached hydrogen (secondary N) is 1. The molecule has 0 fully saturated rings. The van der Waals surface area contributed by atoms with Crippen LogP contribution in [0.4, 0.5) is 0 Å². The molecule has 1 atom stereocenters. The number of fused-ring (bicyclic) bond motifs is 3. The molecule has 0 unspecified atom stereocenters. The SMILES string of the molecule is COc1ccccc1CNC(=O)[C@]1(C)Cn2c(cc3ccccc32)C(=O)N1CCC1=CCCCC1. The summed E-state index contributed by atoms with van der Waals surface area (Å²) in [5.41, 5.74) is 2.92. The van der Waals surface area contributed by atoms with Crippen molar-refractivity contribution in [2.75, 3.05) is 13.7 Å². The van der Waals surface area contributed by atoms with Gasteiger partial charge in [0.05, 0.1) is 13.7 Å². The van der Waals surface area contributed by atoms with Gasteiger partial charge in [0.2, 0.25) is 5.91 Å². The van der Waals surface area contributed by atoms with Gasteiger partial charge in [-0.05, 0) is 57.2 Å². The van der Waals surface area contributed by atoms with Gasteiger partial charge in [0.1, 0.15) is 17.0 Å². The molecule has 1 aliphatic heterocycles. The lowest BCUT2D eigenvalue weighted by Crippen LogP contribution is -2.64. The fraction of sp³-hybridized carbons (Fsp3) is 0.379. The second-order valence-corrected chi connectivity index (χ2v) is 9.76. The smallest absolute Gasteiger partial charge is 0.271 e. The summed E-state index contributed by atoms with van der Waals surface area (Å²) in [5.74, 6) is 0.495. The number of benzene rings is 2. The van der Waals surface area contributed by atoms with Crippen LogP contribution in [-0.4, -0.2) is 40.5 Å². The highest BCUT2D eigenvalue weighted by atomic mass is 16.5. The lowest BCUT2D eigenvalue weighted by atomic mass is 9.92. The highest BCUT2D eigenvalue weighted by Crippen LogP contribution is 2.33. The first-order chi connectivity index (χ1) is 17.0. The quantitative estimate of drug-likeness (QED) is 0.489. The number of hydrogen-bond donors (Lipinski definition) is 1. The Bertz CT molecular complexity index is 1290. The standard InChI is InChI=1S/C29H33N3O3/c1-29(28(34)30-19-23-13-7-9-15-26(23)35-2)20-31-24-14-8-6-12-22(24)18-25(31)27(33)32(29)17-16-21-10-4-3-5-11-21/h6-10,12-15,18H,3-5,11,16-17,19-20H2,1-2H3,(H,30,34)/t29-/m0/s1. The Morgan fingerprint density at radius 2 is 1.91 bits per heavy atom. The second-order valence-electron chi connectivity index (χ2n) is 9.76. The summed E-state index contributed by atoms with van der Waals surface area (Å²) < 4.78 is 7.46. The van der Waals surface area contributed by atoms with Gasteiger partial charge in [-0.1, -0.05) is 48.0 Å². The second kappa shape index (κ2) is 9.61. The molecule has 3 aromatic rings. The van der Waals surface area contributed by atoms with Crippen molar-refractivity contribution < 1.29 is 14.3 Å². The molecule has 2 amide bonds. The number of amides is 2. The van der Waals surface area contributed by atoms with Crippen LogP contribution in [-0.2, 0) is 17.9 Å². The summed E-state index contributed by atoms with van der Waals surface area (Å²) in [7, 11) is 1.63. The third-order valence-electron chi connectivity index (χ3n) is 7.50. The van der Waals surface area contributed by atoms with Gasteiger partial charge in [0.15, 0.2) is 0 Å². The van der Waals surface area contributed by atoms with E-state index in [2.05, 4.69) is 11.4 Å². The lowest BCUT2D eigenvalue weighted by Gasteiger charge is -2.44. The van der Waals surface area contributed by atoms with Crippen molar-refractivity contribution in [3.8, 4) is 5.75 Å². The van der Waals surface area contributed by atoms with E-state index in [1.54, 1.807) is 12.0 Å². The van der Waals surface area contributed by atoms with E-state index in [1.807, 2.05) is 66.1 Å². The van der Waals surface area contributed by atoms with Crippen LogP contribution in [0, 0.1) is 0 Å². The summed E-state index contributed by atoms with van der Waals surface area (Å²) in [4.78, 5) is 29.4. The maximum atomic E-state index is 13.8. The molecule has 0 spiro atoms. The van der Waals surface area contributed by atoms with E-state index in [1.165, 1.54) is 18.4 Å². The molecule has 0 saturated carbocycles. The maximum Gasteiger partial charge on any atom is 0.271 e. The van der Waals surface area contributed by atoms with Crippen molar-refractivity contribution in [2.24, 2.45) is 0 Å². The van der Waals surface area contributed by atoms with E-state index in [0.717, 1.165) is 41.5 Å². The Balaban J connectivity index is 1.46. The number of aromatic nitrogens is 1. The molecule has 1 aliphatic carbocycles. The molecule has 1 aromatic heterocycles. The largest absolute Gasteiger partial charge is 0.496 e. The first-order valence-electron chi connectivity index (χ1n) is 12.5. The number of para-hydroxylation sites is 2. The van der Waals surface area contributed by atoms with E-state index in [-0.39, 0.29) is 11.8 Å². The van der Waals surface area contributed by atoms with Gasteiger partial charge in [0, 0.05) is 29.6 Å². The number of allylic oxidation sites excluding steroid dienone is 1. The predicted octanol–water partition coefficient (Wildman–Crippen LogP) is 5.07. The van der Waals surface area contributed by atoms with Crippen LogP contribution in [0.2, 0.25) is 0 Å². The predicted molar refractivity (Wildman–Crippen MR) is 137 cm³/mol. The summed E-state index contributed by atoms with van der Waals surface area (Å²) in [6, 6.07) is 17.6. The molecule has 1 N–H and O–H groups in total. The number of carbonyl (C=O) groups is 2. The number of rotatable bonds is 7. The van der Waals surface area contributed by atoms with Gasteiger partial charge in [-0.2, -0.15) is 0 Å². The molecule has 2 heterocycles. The van der Waals surface area contributed by atoms with E-state index in [0.29, 0.717) is 25.3 Å². The Hall–Kier alpha value is -3.54. The summed E-state index contributed by atoms with van der Waals surface area (Å²) >= 11 is 0. The summed E-state index contributed by atoms with van der Waals surface area (Å²) in [6.07, 6.45) is 7.74. The first kappa shape index (κ1) is 23.2. The van der Waals surface area contributed by atoms with Crippen molar-refractivity contribution in [3.63, 3.8) is 0 Å². The molecule has 0 saturated heterocycles. The zero-order valence-corrected chi connectivity index (χ0v) is 20.5. The maximum absolute atomic E-state index is 13.8. The molecule has 5 rings (SSSR count). The van der Waals surface area contributed by atoms with Crippen LogP contribution in [0.5, 0.6) is 5.75 Å². The normalized spacial score (nSPS) is 19.9. The minimum absolute atomic E-state index is 0.0844. The lowest BCUT2D eigenvalue weighted by molar-refractivity contribution is -0.133. The number of methoxy groups -OCH3 is 1. The Morgan fingerprint density at radius 3 is 2.71 bits per heavy atom. The highest BCUT2D eigenvalue weighted by Gasteiger charge is 2.47. The molecule has 2 aliphatic rings. The number of ether oxygens (including phenoxy) is 1. The van der Waals surface area contributed by atoms with Gasteiger partial charge in [-0.15, -0.1) is 0 Å². The average Bonchev–Trinajstić information content (AvgIpc) is 3.26. The van der Waals surface area contributed by atoms with E-state index in [4.69, 9.17) is 4.74 Å². The van der Waals surface area contributed by atoms with Gasteiger partial charge >= 0.3 is 0 Å². The molecule has 6 heteroatoms. The van der Waals surface area contributed by atoms with Gasteiger partial charge in [-0.3, -0.25) is 9.59 Å². The Labute approximate surface area is 206 Å². The van der Waals surface area contributed by atoms with E-state index < -0.39 is 5.54 Å². The molecule has 0 radical (unpaired) electrons. The zero-order valence-electron chi connectivity index (χ0n) is 20.5. The van der Waals surface area contributed by atoms with E-state index >= 15 is 0 Å². The van der Waals surface area contributed by atoms with Crippen LogP contribution in [0.25, 0.3) is 10.9 Å². The van der Waals surface area contributed by atoms with Gasteiger partial charge in [0.25, 0.3) is 5.91 Å². The van der Waals surface area contributed by atoms with Crippen LogP contribution in [0.1, 0.15) is 55.1 Å². The van der Waals surface area contributed by atoms with Gasteiger partial charge in [-0.25, -0.2) is 0 Å². The molecule has 6 nitrogen and oxygen atoms in total. The fourth-order valence-electron chi connectivity index (χ4n) is 5.46. The molecule has 182 valence electrons. The first-order valence-corrected chi connectivity index (χ1v) is 12.5. The molecule has 0 bridgehead atoms. The highest BCUT2D eigenvalue weighted by molar-refractivity contribution is 6.03. The molecular weight excluding hydrogens is 438 g/mol. The minimum Gasteiger partial charge on any atom is -0.496 e. The summed E-state index contributed by atoms with van der Waals surface area (Å²) in [5, 5.41) is 4.12. The third kappa shape index (κ3) is 4.33. The number of carbonyl (C=O) groups excluding carboxylic acids is 2. The van der Waals surface area contributed by atoms with Crippen LogP contribution in [0.3, 0.4) is 0 Å². The zero-order chi connectivity index (χ0) is 24.4. The van der Waals surface area contributed by atoms with Crippen molar-refractivity contribution in [2.45, 2.75) is 57.7 Å². The van der Waals surface area contributed by atoms with E-state index in [9.17, 15) is 9.59 Å². The molecule has 35 heavy (non-hydrogen) atoms.